The highest BCUT2D eigenvalue weighted by Crippen LogP contribution is 2.32. The lowest BCUT2D eigenvalue weighted by atomic mass is 9.97. The van der Waals surface area contributed by atoms with E-state index in [1.54, 1.807) is 37.1 Å². The molecule has 2 saturated heterocycles. The molecule has 0 aliphatic carbocycles. The second kappa shape index (κ2) is 9.28. The number of nitrogens with zero attached hydrogens (tertiary/aromatic N) is 2. The van der Waals surface area contributed by atoms with Gasteiger partial charge < -0.3 is 24.6 Å². The fourth-order valence-corrected chi connectivity index (χ4v) is 3.73. The van der Waals surface area contributed by atoms with E-state index in [-0.39, 0.29) is 30.1 Å². The zero-order valence-corrected chi connectivity index (χ0v) is 16.9. The summed E-state index contributed by atoms with van der Waals surface area (Å²) in [6.07, 6.45) is 2.51. The van der Waals surface area contributed by atoms with Crippen LogP contribution < -0.4 is 19.7 Å². The number of rotatable bonds is 5. The first-order valence-electron chi connectivity index (χ1n) is 9.07. The topological polar surface area (TPSA) is 71.1 Å². The van der Waals surface area contributed by atoms with E-state index in [1.807, 2.05) is 12.1 Å². The Morgan fingerprint density at radius 3 is 2.41 bits per heavy atom. The third kappa shape index (κ3) is 4.47. The summed E-state index contributed by atoms with van der Waals surface area (Å²) in [4.78, 5) is 29.1. The summed E-state index contributed by atoms with van der Waals surface area (Å²) in [6, 6.07) is 4.99. The number of carbonyl (C=O) groups is 2. The number of halogens is 1. The number of benzene rings is 1. The van der Waals surface area contributed by atoms with Gasteiger partial charge >= 0.3 is 0 Å². The van der Waals surface area contributed by atoms with Gasteiger partial charge in [0.05, 0.1) is 25.8 Å². The Kier molecular flexibility index (Phi) is 7.33. The van der Waals surface area contributed by atoms with Gasteiger partial charge in [0.2, 0.25) is 11.8 Å². The van der Waals surface area contributed by atoms with Gasteiger partial charge in [-0.2, -0.15) is 0 Å². The molecule has 7 nitrogen and oxygen atoms in total. The van der Waals surface area contributed by atoms with Crippen LogP contribution in [0.1, 0.15) is 19.3 Å². The largest absolute Gasteiger partial charge is 0.497 e. The molecule has 27 heavy (non-hydrogen) atoms. The summed E-state index contributed by atoms with van der Waals surface area (Å²) in [5.74, 6) is 1.23. The third-order valence-electron chi connectivity index (χ3n) is 5.29. The Morgan fingerprint density at radius 1 is 1.19 bits per heavy atom. The maximum atomic E-state index is 13.0. The average Bonchev–Trinajstić information content (AvgIpc) is 3.08. The lowest BCUT2D eigenvalue weighted by Gasteiger charge is -2.30. The van der Waals surface area contributed by atoms with Crippen LogP contribution in [0.3, 0.4) is 0 Å². The molecule has 8 heteroatoms. The number of amides is 2. The maximum absolute atomic E-state index is 13.0. The van der Waals surface area contributed by atoms with Gasteiger partial charge in [-0.05, 0) is 25.8 Å². The molecule has 0 saturated carbocycles. The normalized spacial score (nSPS) is 22.2. The van der Waals surface area contributed by atoms with Gasteiger partial charge in [0.15, 0.2) is 0 Å². The number of anilines is 1. The lowest BCUT2D eigenvalue weighted by molar-refractivity contribution is -0.140. The van der Waals surface area contributed by atoms with E-state index in [0.717, 1.165) is 25.1 Å². The van der Waals surface area contributed by atoms with Crippen molar-refractivity contribution in [2.24, 2.45) is 5.92 Å². The van der Waals surface area contributed by atoms with Crippen LogP contribution in [0.25, 0.3) is 0 Å². The molecular formula is C19H28ClN3O4. The Bertz CT molecular complexity index is 657. The minimum atomic E-state index is -0.415. The molecule has 2 aliphatic rings. The fourth-order valence-electron chi connectivity index (χ4n) is 3.73. The summed E-state index contributed by atoms with van der Waals surface area (Å²) in [5.41, 5.74) is 0.730. The van der Waals surface area contributed by atoms with Crippen molar-refractivity contribution in [3.8, 4) is 11.5 Å². The van der Waals surface area contributed by atoms with Crippen molar-refractivity contribution in [1.82, 2.24) is 10.2 Å². The zero-order chi connectivity index (χ0) is 18.7. The molecule has 2 fully saturated rings. The number of carbonyl (C=O) groups excluding carboxylic acids is 2. The van der Waals surface area contributed by atoms with E-state index in [1.165, 1.54) is 0 Å². The van der Waals surface area contributed by atoms with E-state index < -0.39 is 6.04 Å². The van der Waals surface area contributed by atoms with Gasteiger partial charge in [0.25, 0.3) is 0 Å². The standard InChI is InChI=1S/C19H27N3O4.ClH/c1-21(18(23)13-5-4-7-20-12-13)17-6-8-22(19(17)24)14-9-15(25-2)11-16(10-14)26-3;/h9-11,13,17,20H,4-8,12H2,1-3H3;1H. The summed E-state index contributed by atoms with van der Waals surface area (Å²) in [6.45, 7) is 2.22. The van der Waals surface area contributed by atoms with Crippen molar-refractivity contribution in [3.05, 3.63) is 18.2 Å². The number of methoxy groups -OCH3 is 2. The van der Waals surface area contributed by atoms with Crippen molar-refractivity contribution < 1.29 is 19.1 Å². The van der Waals surface area contributed by atoms with Crippen molar-refractivity contribution >= 4 is 29.9 Å². The summed E-state index contributed by atoms with van der Waals surface area (Å²) >= 11 is 0. The van der Waals surface area contributed by atoms with Gasteiger partial charge in [-0.15, -0.1) is 12.4 Å². The molecule has 2 atom stereocenters. The molecule has 1 N–H and O–H groups in total. The van der Waals surface area contributed by atoms with E-state index >= 15 is 0 Å². The van der Waals surface area contributed by atoms with Crippen molar-refractivity contribution in [2.75, 3.05) is 45.8 Å². The number of likely N-dealkylation sites (N-methyl/N-ethyl adjacent to an activating group) is 1. The van der Waals surface area contributed by atoms with Crippen LogP contribution in [0.5, 0.6) is 11.5 Å². The highest BCUT2D eigenvalue weighted by atomic mass is 35.5. The minimum Gasteiger partial charge on any atom is -0.497 e. The molecule has 2 amide bonds. The molecule has 0 bridgehead atoms. The second-order valence-corrected chi connectivity index (χ2v) is 6.86. The molecule has 1 aromatic carbocycles. The van der Waals surface area contributed by atoms with Crippen LogP contribution >= 0.6 is 12.4 Å². The predicted molar refractivity (Wildman–Crippen MR) is 106 cm³/mol. The fraction of sp³-hybridized carbons (Fsp3) is 0.579. The molecule has 1 aromatic rings. The lowest BCUT2D eigenvalue weighted by Crippen LogP contribution is -2.48. The maximum Gasteiger partial charge on any atom is 0.249 e. The Balaban J connectivity index is 0.00000261. The number of nitrogens with one attached hydrogen (secondary N) is 1. The Morgan fingerprint density at radius 2 is 1.85 bits per heavy atom. The predicted octanol–water partition coefficient (Wildman–Crippen LogP) is 1.69. The highest BCUT2D eigenvalue weighted by molar-refractivity contribution is 6.01. The van der Waals surface area contributed by atoms with Crippen molar-refractivity contribution in [2.45, 2.75) is 25.3 Å². The van der Waals surface area contributed by atoms with Gasteiger partial charge in [0.1, 0.15) is 17.5 Å². The molecule has 0 spiro atoms. The van der Waals surface area contributed by atoms with E-state index in [2.05, 4.69) is 5.32 Å². The molecule has 2 unspecified atom stereocenters. The molecule has 0 aromatic heterocycles. The number of hydrogen-bond acceptors (Lipinski definition) is 5. The first-order chi connectivity index (χ1) is 12.5. The number of ether oxygens (including phenoxy) is 2. The first-order valence-corrected chi connectivity index (χ1v) is 9.07. The molecule has 2 heterocycles. The number of hydrogen-bond donors (Lipinski definition) is 1. The summed E-state index contributed by atoms with van der Waals surface area (Å²) in [5, 5.41) is 3.26. The Labute approximate surface area is 166 Å². The first kappa shape index (κ1) is 21.3. The van der Waals surface area contributed by atoms with Crippen LogP contribution in [-0.4, -0.2) is 63.7 Å². The van der Waals surface area contributed by atoms with Crippen molar-refractivity contribution in [1.29, 1.82) is 0 Å². The molecule has 0 radical (unpaired) electrons. The number of piperidine rings is 1. The van der Waals surface area contributed by atoms with Gasteiger partial charge in [-0.3, -0.25) is 9.59 Å². The van der Waals surface area contributed by atoms with E-state index in [0.29, 0.717) is 31.0 Å². The summed E-state index contributed by atoms with van der Waals surface area (Å²) < 4.78 is 10.6. The van der Waals surface area contributed by atoms with Gasteiger partial charge in [0, 0.05) is 38.3 Å². The smallest absolute Gasteiger partial charge is 0.249 e. The monoisotopic (exact) mass is 397 g/mol. The molecule has 2 aliphatic heterocycles. The average molecular weight is 398 g/mol. The highest BCUT2D eigenvalue weighted by Gasteiger charge is 2.39. The van der Waals surface area contributed by atoms with Crippen molar-refractivity contribution in [3.63, 3.8) is 0 Å². The SMILES string of the molecule is COc1cc(OC)cc(N2CCC(N(C)C(=O)C3CCCNC3)C2=O)c1.Cl. The quantitative estimate of drug-likeness (QED) is 0.818. The van der Waals surface area contributed by atoms with E-state index in [9.17, 15) is 9.59 Å². The van der Waals surface area contributed by atoms with Crippen LogP contribution in [0.15, 0.2) is 18.2 Å². The minimum absolute atomic E-state index is 0. The second-order valence-electron chi connectivity index (χ2n) is 6.86. The third-order valence-corrected chi connectivity index (χ3v) is 5.29. The molecule has 150 valence electrons. The zero-order valence-electron chi connectivity index (χ0n) is 16.1. The Hall–Kier alpha value is -1.99. The van der Waals surface area contributed by atoms with Gasteiger partial charge in [-0.1, -0.05) is 0 Å². The van der Waals surface area contributed by atoms with Crippen LogP contribution in [0, 0.1) is 5.92 Å². The van der Waals surface area contributed by atoms with Crippen LogP contribution in [0.2, 0.25) is 0 Å². The van der Waals surface area contributed by atoms with E-state index in [4.69, 9.17) is 9.47 Å². The van der Waals surface area contributed by atoms with Crippen LogP contribution in [-0.2, 0) is 9.59 Å². The molecular weight excluding hydrogens is 370 g/mol. The van der Waals surface area contributed by atoms with Gasteiger partial charge in [-0.25, -0.2) is 0 Å². The van der Waals surface area contributed by atoms with Crippen LogP contribution in [0.4, 0.5) is 5.69 Å². The molecule has 3 rings (SSSR count). The summed E-state index contributed by atoms with van der Waals surface area (Å²) in [7, 11) is 4.91.